The summed E-state index contributed by atoms with van der Waals surface area (Å²) in [6.07, 6.45) is 0. The average Bonchev–Trinajstić information content (AvgIpc) is 3.29. The van der Waals surface area contributed by atoms with Crippen LogP contribution in [0.1, 0.15) is 23.1 Å². The Labute approximate surface area is 176 Å². The van der Waals surface area contributed by atoms with Crippen molar-refractivity contribution in [1.29, 1.82) is 0 Å². The summed E-state index contributed by atoms with van der Waals surface area (Å²) in [6.45, 7) is 1.69. The molecule has 1 aromatic heterocycles. The van der Waals surface area contributed by atoms with E-state index in [-0.39, 0.29) is 34.1 Å². The van der Waals surface area contributed by atoms with E-state index in [4.69, 9.17) is 9.15 Å². The van der Waals surface area contributed by atoms with Gasteiger partial charge in [-0.15, -0.1) is 0 Å². The van der Waals surface area contributed by atoms with E-state index in [1.54, 1.807) is 31.2 Å². The van der Waals surface area contributed by atoms with Crippen LogP contribution in [0.4, 0.5) is 10.1 Å². The Morgan fingerprint density at radius 2 is 1.87 bits per heavy atom. The molecule has 3 aromatic rings. The van der Waals surface area contributed by atoms with Crippen LogP contribution in [0.2, 0.25) is 0 Å². The SMILES string of the molecule is COc1ccc(F)cc1/C(O)=C1\C(=O)C(=O)N(c2ccccc2O)C1c1ccc(C)o1. The number of hydrogen-bond donors (Lipinski definition) is 2. The standard InChI is InChI=1S/C23H18FNO6/c1-12-7-9-18(31-12)20-19(21(27)14-11-13(24)8-10-17(14)30-2)22(28)23(29)25(20)15-5-3-4-6-16(15)26/h3-11,20,26-27H,1-2H3/b21-19+. The Balaban J connectivity index is 2.00. The number of aliphatic hydroxyl groups is 1. The molecule has 8 heteroatoms. The molecule has 1 fully saturated rings. The molecule has 7 nitrogen and oxygen atoms in total. The van der Waals surface area contributed by atoms with Gasteiger partial charge in [-0.25, -0.2) is 4.39 Å². The third-order valence-electron chi connectivity index (χ3n) is 5.03. The summed E-state index contributed by atoms with van der Waals surface area (Å²) in [4.78, 5) is 27.1. The van der Waals surface area contributed by atoms with E-state index in [0.29, 0.717) is 5.76 Å². The zero-order chi connectivity index (χ0) is 22.3. The van der Waals surface area contributed by atoms with Crippen LogP contribution >= 0.6 is 0 Å². The molecule has 0 saturated carbocycles. The molecule has 2 heterocycles. The van der Waals surface area contributed by atoms with E-state index in [0.717, 1.165) is 17.0 Å². The van der Waals surface area contributed by atoms with Crippen LogP contribution < -0.4 is 9.64 Å². The fourth-order valence-corrected chi connectivity index (χ4v) is 3.63. The van der Waals surface area contributed by atoms with E-state index in [9.17, 15) is 24.2 Å². The highest BCUT2D eigenvalue weighted by atomic mass is 19.1. The Morgan fingerprint density at radius 1 is 1.13 bits per heavy atom. The summed E-state index contributed by atoms with van der Waals surface area (Å²) in [5.74, 6) is -2.68. The number of phenolic OH excluding ortho intramolecular Hbond substituents is 1. The van der Waals surface area contributed by atoms with Gasteiger partial charge < -0.3 is 19.4 Å². The van der Waals surface area contributed by atoms with Gasteiger partial charge in [-0.2, -0.15) is 0 Å². The van der Waals surface area contributed by atoms with Crippen molar-refractivity contribution >= 4 is 23.1 Å². The molecule has 1 unspecified atom stereocenters. The molecular formula is C23H18FNO6. The van der Waals surface area contributed by atoms with E-state index < -0.39 is 29.3 Å². The molecule has 2 N–H and O–H groups in total. The summed E-state index contributed by atoms with van der Waals surface area (Å²) in [5, 5.41) is 21.4. The van der Waals surface area contributed by atoms with Gasteiger partial charge in [0.1, 0.15) is 40.6 Å². The highest BCUT2D eigenvalue weighted by Crippen LogP contribution is 2.45. The molecule has 0 aliphatic carbocycles. The van der Waals surface area contributed by atoms with Crippen LogP contribution in [0.5, 0.6) is 11.5 Å². The van der Waals surface area contributed by atoms with Crippen molar-refractivity contribution in [2.45, 2.75) is 13.0 Å². The summed E-state index contributed by atoms with van der Waals surface area (Å²) in [5.41, 5.74) is -0.341. The number of amides is 1. The highest BCUT2D eigenvalue weighted by Gasteiger charge is 2.49. The fraction of sp³-hybridized carbons (Fsp3) is 0.130. The number of para-hydroxylation sites is 2. The van der Waals surface area contributed by atoms with Crippen LogP contribution in [0.15, 0.2) is 64.6 Å². The van der Waals surface area contributed by atoms with Crippen molar-refractivity contribution in [3.05, 3.63) is 83.1 Å². The fourth-order valence-electron chi connectivity index (χ4n) is 3.63. The van der Waals surface area contributed by atoms with Gasteiger partial charge in [0.05, 0.1) is 23.9 Å². The minimum atomic E-state index is -1.19. The largest absolute Gasteiger partial charge is 0.507 e. The van der Waals surface area contributed by atoms with E-state index in [1.807, 2.05) is 0 Å². The summed E-state index contributed by atoms with van der Waals surface area (Å²) < 4.78 is 24.8. The number of aromatic hydroxyl groups is 1. The maximum Gasteiger partial charge on any atom is 0.300 e. The van der Waals surface area contributed by atoms with Crippen molar-refractivity contribution < 1.29 is 33.3 Å². The number of furan rings is 1. The molecule has 0 spiro atoms. The first-order valence-corrected chi connectivity index (χ1v) is 9.32. The number of ketones is 1. The first-order chi connectivity index (χ1) is 14.8. The van der Waals surface area contributed by atoms with Gasteiger partial charge in [0.2, 0.25) is 0 Å². The lowest BCUT2D eigenvalue weighted by Crippen LogP contribution is -2.29. The summed E-state index contributed by atoms with van der Waals surface area (Å²) in [6, 6.07) is 11.5. The molecule has 0 bridgehead atoms. The first-order valence-electron chi connectivity index (χ1n) is 9.32. The minimum Gasteiger partial charge on any atom is -0.507 e. The van der Waals surface area contributed by atoms with Gasteiger partial charge in [-0.3, -0.25) is 14.5 Å². The third kappa shape index (κ3) is 3.31. The Kier molecular flexibility index (Phi) is 4.98. The van der Waals surface area contributed by atoms with Crippen molar-refractivity contribution in [1.82, 2.24) is 0 Å². The second-order valence-corrected chi connectivity index (χ2v) is 6.95. The lowest BCUT2D eigenvalue weighted by molar-refractivity contribution is -0.132. The molecule has 1 saturated heterocycles. The second kappa shape index (κ2) is 7.64. The highest BCUT2D eigenvalue weighted by molar-refractivity contribution is 6.51. The number of aliphatic hydroxyl groups excluding tert-OH is 1. The Bertz CT molecular complexity index is 1230. The van der Waals surface area contributed by atoms with Crippen LogP contribution in [-0.4, -0.2) is 29.0 Å². The zero-order valence-electron chi connectivity index (χ0n) is 16.6. The molecule has 31 heavy (non-hydrogen) atoms. The zero-order valence-corrected chi connectivity index (χ0v) is 16.6. The number of hydrogen-bond acceptors (Lipinski definition) is 6. The maximum absolute atomic E-state index is 13.9. The monoisotopic (exact) mass is 423 g/mol. The quantitative estimate of drug-likeness (QED) is 0.373. The number of methoxy groups -OCH3 is 1. The molecule has 158 valence electrons. The normalized spacial score (nSPS) is 17.9. The van der Waals surface area contributed by atoms with Crippen LogP contribution in [0.25, 0.3) is 5.76 Å². The van der Waals surface area contributed by atoms with Crippen molar-refractivity contribution in [2.75, 3.05) is 12.0 Å². The Morgan fingerprint density at radius 3 is 2.52 bits per heavy atom. The van der Waals surface area contributed by atoms with Crippen molar-refractivity contribution in [3.8, 4) is 11.5 Å². The van der Waals surface area contributed by atoms with E-state index in [1.165, 1.54) is 25.3 Å². The smallest absolute Gasteiger partial charge is 0.300 e. The number of carbonyl (C=O) groups excluding carboxylic acids is 2. The molecule has 1 aliphatic heterocycles. The molecule has 1 aliphatic rings. The predicted octanol–water partition coefficient (Wildman–Crippen LogP) is 4.07. The number of Topliss-reactive ketones (excluding diaryl/α,β-unsaturated/α-hetero) is 1. The molecular weight excluding hydrogens is 405 g/mol. The third-order valence-corrected chi connectivity index (χ3v) is 5.03. The maximum atomic E-state index is 13.9. The topological polar surface area (TPSA) is 100 Å². The van der Waals surface area contributed by atoms with Gasteiger partial charge in [0.15, 0.2) is 0 Å². The van der Waals surface area contributed by atoms with Gasteiger partial charge in [0.25, 0.3) is 11.7 Å². The number of rotatable bonds is 4. The summed E-state index contributed by atoms with van der Waals surface area (Å²) in [7, 11) is 1.33. The van der Waals surface area contributed by atoms with Gasteiger partial charge in [0, 0.05) is 0 Å². The lowest BCUT2D eigenvalue weighted by atomic mass is 9.98. The molecule has 1 amide bonds. The van der Waals surface area contributed by atoms with Gasteiger partial charge in [-0.05, 0) is 49.4 Å². The number of nitrogens with zero attached hydrogens (tertiary/aromatic N) is 1. The van der Waals surface area contributed by atoms with Crippen LogP contribution in [-0.2, 0) is 9.59 Å². The number of benzene rings is 2. The molecule has 4 rings (SSSR count). The molecule has 0 radical (unpaired) electrons. The molecule has 2 aromatic carbocycles. The van der Waals surface area contributed by atoms with Crippen molar-refractivity contribution in [2.24, 2.45) is 0 Å². The number of ether oxygens (including phenoxy) is 1. The number of phenols is 1. The average molecular weight is 423 g/mol. The van der Waals surface area contributed by atoms with Crippen LogP contribution in [0, 0.1) is 12.7 Å². The predicted molar refractivity (Wildman–Crippen MR) is 109 cm³/mol. The van der Waals surface area contributed by atoms with E-state index >= 15 is 0 Å². The second-order valence-electron chi connectivity index (χ2n) is 6.95. The van der Waals surface area contributed by atoms with E-state index in [2.05, 4.69) is 0 Å². The number of carbonyl (C=O) groups is 2. The van der Waals surface area contributed by atoms with Gasteiger partial charge >= 0.3 is 0 Å². The molecule has 1 atom stereocenters. The lowest BCUT2D eigenvalue weighted by Gasteiger charge is -2.24. The Hall–Kier alpha value is -4.07. The van der Waals surface area contributed by atoms with Crippen LogP contribution in [0.3, 0.4) is 0 Å². The summed E-state index contributed by atoms with van der Waals surface area (Å²) >= 11 is 0. The van der Waals surface area contributed by atoms with Crippen molar-refractivity contribution in [3.63, 3.8) is 0 Å². The number of halogens is 1. The first kappa shape index (κ1) is 20.2. The number of anilines is 1. The van der Waals surface area contributed by atoms with Gasteiger partial charge in [-0.1, -0.05) is 12.1 Å². The number of aryl methyl sites for hydroxylation is 1. The minimum absolute atomic E-state index is 0.0638.